The number of aliphatic hydroxyl groups is 1. The zero-order chi connectivity index (χ0) is 9.14. The zero-order valence-electron chi connectivity index (χ0n) is 6.74. The normalized spacial score (nSPS) is 15.7. The lowest BCUT2D eigenvalue weighted by Crippen LogP contribution is -2.23. The summed E-state index contributed by atoms with van der Waals surface area (Å²) in [5, 5.41) is 9.10. The molecule has 0 aliphatic heterocycles. The summed E-state index contributed by atoms with van der Waals surface area (Å²) in [6, 6.07) is 2.23. The monoisotopic (exact) mass is 170 g/mol. The van der Waals surface area contributed by atoms with E-state index >= 15 is 0 Å². The maximum atomic E-state index is 12.3. The molecule has 66 valence electrons. The molecule has 0 unspecified atom stereocenters. The van der Waals surface area contributed by atoms with E-state index < -0.39 is 18.1 Å². The minimum absolute atomic E-state index is 0.502. The summed E-state index contributed by atoms with van der Waals surface area (Å²) in [6.07, 6.45) is 0.671. The minimum atomic E-state index is -0.655. The number of aliphatic hydroxyl groups excluding tert-OH is 1. The predicted octanol–water partition coefficient (Wildman–Crippen LogP) is 0.601. The van der Waals surface area contributed by atoms with Crippen LogP contribution in [0.15, 0.2) is 18.3 Å². The SMILES string of the molecule is C[C@@H](O)[C@H](N)c1ccc(F)nc1. The second kappa shape index (κ2) is 3.60. The molecule has 0 fully saturated rings. The van der Waals surface area contributed by atoms with Gasteiger partial charge < -0.3 is 10.8 Å². The molecule has 0 amide bonds. The largest absolute Gasteiger partial charge is 0.391 e. The first-order valence-corrected chi connectivity index (χ1v) is 3.66. The Morgan fingerprint density at radius 3 is 2.67 bits per heavy atom. The second-order valence-corrected chi connectivity index (χ2v) is 2.68. The molecule has 0 radical (unpaired) electrons. The quantitative estimate of drug-likeness (QED) is 0.639. The third-order valence-electron chi connectivity index (χ3n) is 1.65. The van der Waals surface area contributed by atoms with E-state index in [0.29, 0.717) is 5.56 Å². The Morgan fingerprint density at radius 2 is 2.25 bits per heavy atom. The Hall–Kier alpha value is -1.00. The van der Waals surface area contributed by atoms with Crippen molar-refractivity contribution in [3.63, 3.8) is 0 Å². The molecule has 1 aromatic heterocycles. The molecular formula is C8H11FN2O. The molecular weight excluding hydrogens is 159 g/mol. The van der Waals surface area contributed by atoms with Crippen molar-refractivity contribution in [2.24, 2.45) is 5.73 Å². The number of aromatic nitrogens is 1. The van der Waals surface area contributed by atoms with E-state index in [1.54, 1.807) is 6.92 Å². The van der Waals surface area contributed by atoms with Gasteiger partial charge in [-0.15, -0.1) is 0 Å². The van der Waals surface area contributed by atoms with Crippen LogP contribution in [0.5, 0.6) is 0 Å². The molecule has 0 aliphatic rings. The Kier molecular flexibility index (Phi) is 2.73. The molecule has 1 heterocycles. The predicted molar refractivity (Wildman–Crippen MR) is 42.8 cm³/mol. The van der Waals surface area contributed by atoms with Crippen LogP contribution in [0.25, 0.3) is 0 Å². The summed E-state index contributed by atoms with van der Waals surface area (Å²) in [7, 11) is 0. The van der Waals surface area contributed by atoms with Crippen LogP contribution in [0.4, 0.5) is 4.39 Å². The van der Waals surface area contributed by atoms with E-state index in [2.05, 4.69) is 4.98 Å². The van der Waals surface area contributed by atoms with Gasteiger partial charge in [-0.25, -0.2) is 4.98 Å². The fourth-order valence-corrected chi connectivity index (χ4v) is 0.863. The first kappa shape index (κ1) is 9.09. The van der Waals surface area contributed by atoms with E-state index in [0.717, 1.165) is 0 Å². The number of pyridine rings is 1. The lowest BCUT2D eigenvalue weighted by Gasteiger charge is -2.13. The molecule has 12 heavy (non-hydrogen) atoms. The van der Waals surface area contributed by atoms with Gasteiger partial charge in [0.05, 0.1) is 12.1 Å². The minimum Gasteiger partial charge on any atom is -0.391 e. The van der Waals surface area contributed by atoms with Crippen molar-refractivity contribution < 1.29 is 9.50 Å². The molecule has 1 rings (SSSR count). The molecule has 3 nitrogen and oxygen atoms in total. The molecule has 2 atom stereocenters. The smallest absolute Gasteiger partial charge is 0.212 e. The summed E-state index contributed by atoms with van der Waals surface area (Å²) >= 11 is 0. The van der Waals surface area contributed by atoms with Gasteiger partial charge >= 0.3 is 0 Å². The number of hydrogen-bond acceptors (Lipinski definition) is 3. The van der Waals surface area contributed by atoms with Crippen LogP contribution in [0.2, 0.25) is 0 Å². The van der Waals surface area contributed by atoms with Gasteiger partial charge in [0, 0.05) is 6.20 Å². The van der Waals surface area contributed by atoms with Crippen molar-refractivity contribution in [1.82, 2.24) is 4.98 Å². The summed E-state index contributed by atoms with van der Waals surface area (Å²) < 4.78 is 12.3. The van der Waals surface area contributed by atoms with Crippen molar-refractivity contribution in [2.45, 2.75) is 19.1 Å². The molecule has 0 spiro atoms. The zero-order valence-corrected chi connectivity index (χ0v) is 6.74. The Labute approximate surface area is 70.0 Å². The average Bonchev–Trinajstić information content (AvgIpc) is 2.04. The lowest BCUT2D eigenvalue weighted by atomic mass is 10.1. The highest BCUT2D eigenvalue weighted by molar-refractivity contribution is 5.14. The van der Waals surface area contributed by atoms with E-state index in [-0.39, 0.29) is 0 Å². The van der Waals surface area contributed by atoms with E-state index in [1.807, 2.05) is 0 Å². The van der Waals surface area contributed by atoms with Crippen molar-refractivity contribution in [3.05, 3.63) is 29.8 Å². The Morgan fingerprint density at radius 1 is 1.58 bits per heavy atom. The maximum absolute atomic E-state index is 12.3. The van der Waals surface area contributed by atoms with Crippen LogP contribution in [0.1, 0.15) is 18.5 Å². The highest BCUT2D eigenvalue weighted by Crippen LogP contribution is 2.12. The third-order valence-corrected chi connectivity index (χ3v) is 1.65. The Bertz CT molecular complexity index is 248. The van der Waals surface area contributed by atoms with Crippen LogP contribution < -0.4 is 5.73 Å². The van der Waals surface area contributed by atoms with Gasteiger partial charge in [-0.05, 0) is 18.6 Å². The van der Waals surface area contributed by atoms with Gasteiger partial charge in [-0.1, -0.05) is 6.07 Å². The van der Waals surface area contributed by atoms with Crippen molar-refractivity contribution in [1.29, 1.82) is 0 Å². The molecule has 4 heteroatoms. The maximum Gasteiger partial charge on any atom is 0.212 e. The molecule has 1 aromatic rings. The van der Waals surface area contributed by atoms with E-state index in [9.17, 15) is 4.39 Å². The summed E-state index contributed by atoms with van der Waals surface area (Å²) in [5.41, 5.74) is 6.21. The highest BCUT2D eigenvalue weighted by atomic mass is 19.1. The number of halogens is 1. The van der Waals surface area contributed by atoms with Crippen LogP contribution in [0.3, 0.4) is 0 Å². The first-order chi connectivity index (χ1) is 5.61. The van der Waals surface area contributed by atoms with Gasteiger partial charge in [-0.3, -0.25) is 0 Å². The van der Waals surface area contributed by atoms with Gasteiger partial charge in [0.25, 0.3) is 0 Å². The topological polar surface area (TPSA) is 59.1 Å². The molecule has 0 saturated carbocycles. The molecule has 0 saturated heterocycles. The van der Waals surface area contributed by atoms with Crippen LogP contribution in [-0.2, 0) is 0 Å². The molecule has 0 aliphatic carbocycles. The van der Waals surface area contributed by atoms with Crippen molar-refractivity contribution in [3.8, 4) is 0 Å². The van der Waals surface area contributed by atoms with Gasteiger partial charge in [-0.2, -0.15) is 4.39 Å². The van der Waals surface area contributed by atoms with E-state index in [1.165, 1.54) is 18.3 Å². The summed E-state index contributed by atoms with van der Waals surface area (Å²) in [5.74, 6) is -0.545. The molecule has 0 aromatic carbocycles. The molecule has 0 bridgehead atoms. The van der Waals surface area contributed by atoms with Crippen molar-refractivity contribution in [2.75, 3.05) is 0 Å². The van der Waals surface area contributed by atoms with Gasteiger partial charge in [0.1, 0.15) is 0 Å². The van der Waals surface area contributed by atoms with E-state index in [4.69, 9.17) is 10.8 Å². The van der Waals surface area contributed by atoms with Crippen LogP contribution >= 0.6 is 0 Å². The third kappa shape index (κ3) is 1.99. The number of nitrogens with two attached hydrogens (primary N) is 1. The van der Waals surface area contributed by atoms with Crippen LogP contribution in [0, 0.1) is 5.95 Å². The fourth-order valence-electron chi connectivity index (χ4n) is 0.863. The average molecular weight is 170 g/mol. The van der Waals surface area contributed by atoms with Crippen molar-refractivity contribution >= 4 is 0 Å². The Balaban J connectivity index is 2.82. The second-order valence-electron chi connectivity index (χ2n) is 2.68. The first-order valence-electron chi connectivity index (χ1n) is 3.66. The lowest BCUT2D eigenvalue weighted by molar-refractivity contribution is 0.164. The summed E-state index contributed by atoms with van der Waals surface area (Å²) in [4.78, 5) is 3.42. The molecule has 3 N–H and O–H groups in total. The summed E-state index contributed by atoms with van der Waals surface area (Å²) in [6.45, 7) is 1.58. The number of nitrogens with zero attached hydrogens (tertiary/aromatic N) is 1. The standard InChI is InChI=1S/C8H11FN2O/c1-5(12)8(10)6-2-3-7(9)11-4-6/h2-5,8,12H,10H2,1H3/t5-,8+/m1/s1. The van der Waals surface area contributed by atoms with Gasteiger partial charge in [0.2, 0.25) is 5.95 Å². The number of hydrogen-bond donors (Lipinski definition) is 2. The van der Waals surface area contributed by atoms with Gasteiger partial charge in [0.15, 0.2) is 0 Å². The fraction of sp³-hybridized carbons (Fsp3) is 0.375. The number of rotatable bonds is 2. The highest BCUT2D eigenvalue weighted by Gasteiger charge is 2.11. The van der Waals surface area contributed by atoms with Crippen LogP contribution in [-0.4, -0.2) is 16.2 Å².